The van der Waals surface area contributed by atoms with E-state index in [4.69, 9.17) is 18.9 Å². The number of hydrogen-bond donors (Lipinski definition) is 7. The molecule has 2 saturated heterocycles. The van der Waals surface area contributed by atoms with Crippen LogP contribution in [0.1, 0.15) is 129 Å². The number of carboxylic acids is 1. The number of phenolic OH excluding ortho intramolecular Hbond substituents is 3. The zero-order valence-corrected chi connectivity index (χ0v) is 46.9. The van der Waals surface area contributed by atoms with Crippen molar-refractivity contribution in [1.29, 1.82) is 0 Å². The predicted molar refractivity (Wildman–Crippen MR) is 295 cm³/mol. The number of phenols is 3. The number of methoxy groups -OCH3 is 1. The van der Waals surface area contributed by atoms with Crippen molar-refractivity contribution in [3.8, 4) is 23.0 Å². The van der Waals surface area contributed by atoms with Crippen LogP contribution in [-0.4, -0.2) is 127 Å². The Morgan fingerprint density at radius 1 is 0.887 bits per heavy atom. The summed E-state index contributed by atoms with van der Waals surface area (Å²) in [5.74, 6) is -10.5. The van der Waals surface area contributed by atoms with Gasteiger partial charge in [-0.1, -0.05) is 45.9 Å². The van der Waals surface area contributed by atoms with Gasteiger partial charge >= 0.3 is 17.7 Å². The summed E-state index contributed by atoms with van der Waals surface area (Å²) in [4.78, 5) is 71.0. The van der Waals surface area contributed by atoms with Gasteiger partial charge in [-0.25, -0.2) is 9.18 Å². The molecule has 20 heteroatoms. The van der Waals surface area contributed by atoms with E-state index in [0.717, 1.165) is 29.9 Å². The van der Waals surface area contributed by atoms with E-state index in [9.17, 15) is 54.6 Å². The summed E-state index contributed by atoms with van der Waals surface area (Å²) >= 11 is 0. The molecule has 1 spiro atoms. The number of ether oxygens (including phenoxy) is 4. The molecule has 3 fully saturated rings. The average molecular weight is 1110 g/mol. The van der Waals surface area contributed by atoms with Gasteiger partial charge < -0.3 is 59.8 Å². The van der Waals surface area contributed by atoms with Gasteiger partial charge in [-0.05, 0) is 101 Å². The maximum atomic E-state index is 16.3. The first-order chi connectivity index (χ1) is 37.7. The number of aromatic hydroxyl groups is 3. The summed E-state index contributed by atoms with van der Waals surface area (Å²) in [6.45, 7) is 16.1. The van der Waals surface area contributed by atoms with Crippen molar-refractivity contribution in [3.63, 3.8) is 0 Å². The van der Waals surface area contributed by atoms with Gasteiger partial charge in [0.1, 0.15) is 28.9 Å². The minimum Gasteiger partial charge on any atom is -0.507 e. The first-order valence-electron chi connectivity index (χ1n) is 27.4. The van der Waals surface area contributed by atoms with E-state index < -0.39 is 112 Å². The monoisotopic (exact) mass is 1110 g/mol. The van der Waals surface area contributed by atoms with Crippen LogP contribution in [0, 0.1) is 48.8 Å². The number of aliphatic hydroxyl groups excluding tert-OH is 2. The second-order valence-electron chi connectivity index (χ2n) is 23.2. The quantitative estimate of drug-likeness (QED) is 0.0527. The van der Waals surface area contributed by atoms with Crippen molar-refractivity contribution < 1.29 is 73.2 Å². The van der Waals surface area contributed by atoms with Crippen LogP contribution in [0.2, 0.25) is 0 Å². The lowest BCUT2D eigenvalue weighted by Crippen LogP contribution is -2.46. The van der Waals surface area contributed by atoms with Crippen LogP contribution in [0.5, 0.6) is 23.0 Å². The number of aromatic carboxylic acids is 1. The van der Waals surface area contributed by atoms with Gasteiger partial charge in [-0.15, -0.1) is 0 Å². The Morgan fingerprint density at radius 3 is 2.20 bits per heavy atom. The minimum atomic E-state index is -2.10. The third kappa shape index (κ3) is 10.2. The smallest absolute Gasteiger partial charge is 0.341 e. The molecule has 1 aliphatic carbocycles. The number of rotatable bonds is 7. The van der Waals surface area contributed by atoms with E-state index in [1.54, 1.807) is 46.8 Å². The molecular weight excluding hydrogens is 1040 g/mol. The Labute approximate surface area is 462 Å². The number of nitrogens with one attached hydrogen (secondary N) is 1. The molecule has 6 aliphatic rings. The molecule has 1 amide bonds. The van der Waals surface area contributed by atoms with Crippen LogP contribution >= 0.6 is 0 Å². The van der Waals surface area contributed by atoms with Crippen LogP contribution in [0.25, 0.3) is 16.3 Å². The molecule has 10 rings (SSSR count). The number of amides is 1. The second-order valence-corrected chi connectivity index (χ2v) is 23.2. The summed E-state index contributed by atoms with van der Waals surface area (Å²) in [5.41, 5.74) is 0.529. The third-order valence-corrected chi connectivity index (χ3v) is 17.8. The first-order valence-corrected chi connectivity index (χ1v) is 27.4. The van der Waals surface area contributed by atoms with Crippen LogP contribution in [-0.2, 0) is 30.3 Å². The van der Waals surface area contributed by atoms with Crippen LogP contribution in [0.4, 0.5) is 15.8 Å². The third-order valence-electron chi connectivity index (χ3n) is 17.8. The summed E-state index contributed by atoms with van der Waals surface area (Å²) in [7, 11) is 1.43. The number of aryl methyl sites for hydroxylation is 1. The zero-order chi connectivity index (χ0) is 58.2. The number of fused-ring (bicyclic) bond motifs is 15. The Balaban J connectivity index is 1.07. The Hall–Kier alpha value is -7.00. The molecule has 9 atom stereocenters. The summed E-state index contributed by atoms with van der Waals surface area (Å²) in [6, 6.07) is 1.44. The van der Waals surface area contributed by atoms with Gasteiger partial charge in [-0.3, -0.25) is 28.5 Å². The Kier molecular flexibility index (Phi) is 15.7. The summed E-state index contributed by atoms with van der Waals surface area (Å²) in [5, 5.41) is 72.1. The number of Topliss-reactive ketones (excluding diaryl/α,β-unsaturated/α-hetero) is 1. The van der Waals surface area contributed by atoms with Gasteiger partial charge in [0.15, 0.2) is 11.6 Å². The molecule has 5 bridgehead atoms. The molecular formula is C60H73FN4O15. The van der Waals surface area contributed by atoms with Gasteiger partial charge in [-0.2, -0.15) is 0 Å². The lowest BCUT2D eigenvalue weighted by molar-refractivity contribution is -0.160. The number of allylic oxidation sites excluding steroid dienone is 2. The van der Waals surface area contributed by atoms with Crippen molar-refractivity contribution in [2.75, 3.05) is 43.5 Å². The molecule has 80 heavy (non-hydrogen) atoms. The lowest BCUT2D eigenvalue weighted by atomic mass is 9.77. The summed E-state index contributed by atoms with van der Waals surface area (Å²) < 4.78 is 41.4. The van der Waals surface area contributed by atoms with E-state index in [1.165, 1.54) is 59.3 Å². The van der Waals surface area contributed by atoms with Crippen molar-refractivity contribution in [2.45, 2.75) is 137 Å². The van der Waals surface area contributed by atoms with E-state index >= 15 is 4.39 Å². The standard InChI is InChI=1S/C60H73FN4O15/c1-28-12-11-13-29(2)56(73)62-45-39(25-63-20-17-60(18-21-63)19-22-64(27-60)47-31(4)46-37(36-14-15-36)24-38(58(75)76)57(74)65(46)26-40(47)61)51(70)42-43(52(45)71)50(69)34(7)54-44(42)55(72)59(9,80-54)78-23-16-41(77-10)30(3)53(79-35(8)66)33(6)49(68)32(5)48(28)67/h11-13,16,23-24,26,28,30,32-33,36,41,48-49,53,67-71H,14-15,17-22,25,27H2,1-10H3,(H,62,73)(H,75,76)/t28-,30+,32+,33+,41-,48-,49+,53+,59-/m0/s1. The lowest BCUT2D eigenvalue weighted by Gasteiger charge is -2.40. The van der Waals surface area contributed by atoms with Crippen molar-refractivity contribution in [1.82, 2.24) is 9.30 Å². The van der Waals surface area contributed by atoms with E-state index in [0.29, 0.717) is 61.4 Å². The fourth-order valence-electron chi connectivity index (χ4n) is 12.8. The van der Waals surface area contributed by atoms with Crippen molar-refractivity contribution >= 4 is 51.3 Å². The fourth-order valence-corrected chi connectivity index (χ4v) is 12.8. The highest BCUT2D eigenvalue weighted by Crippen LogP contribution is 2.56. The van der Waals surface area contributed by atoms with Gasteiger partial charge in [0, 0.05) is 86.3 Å². The number of piperidine rings is 1. The number of hydrogen-bond acceptors (Lipinski definition) is 16. The number of carbonyl (C=O) groups excluding carboxylic acids is 3. The topological polar surface area (TPSA) is 267 Å². The fraction of sp³-hybridized carbons (Fsp3) is 0.517. The normalized spacial score (nSPS) is 27.7. The number of likely N-dealkylation sites (tertiary alicyclic amines) is 1. The maximum absolute atomic E-state index is 16.3. The highest BCUT2D eigenvalue weighted by atomic mass is 19.1. The average Bonchev–Trinajstić information content (AvgIpc) is 4.27. The van der Waals surface area contributed by atoms with E-state index in [1.807, 2.05) is 9.80 Å². The molecule has 5 aliphatic heterocycles. The molecule has 0 radical (unpaired) electrons. The second kappa shape index (κ2) is 21.8. The number of nitrogens with zero attached hydrogens (tertiary/aromatic N) is 3. The zero-order valence-electron chi connectivity index (χ0n) is 46.9. The number of aliphatic hydroxyl groups is 2. The molecule has 19 nitrogen and oxygen atoms in total. The maximum Gasteiger partial charge on any atom is 0.341 e. The number of halogens is 1. The van der Waals surface area contributed by atoms with Gasteiger partial charge in [0.05, 0.1) is 58.6 Å². The molecule has 1 saturated carbocycles. The number of anilines is 2. The number of carbonyl (C=O) groups is 4. The number of aromatic nitrogens is 1. The Bertz CT molecular complexity index is 3360. The van der Waals surface area contributed by atoms with E-state index in [2.05, 4.69) is 5.32 Å². The van der Waals surface area contributed by atoms with Crippen LogP contribution in [0.3, 0.4) is 0 Å². The van der Waals surface area contributed by atoms with Gasteiger partial charge in [0.25, 0.3) is 17.2 Å². The van der Waals surface area contributed by atoms with Gasteiger partial charge in [0.2, 0.25) is 0 Å². The number of ketones is 1. The first kappa shape index (κ1) is 57.7. The number of carboxylic acid groups (broad SMARTS) is 1. The van der Waals surface area contributed by atoms with Crippen molar-refractivity contribution in [3.05, 3.63) is 98.0 Å². The summed E-state index contributed by atoms with van der Waals surface area (Å²) in [6.07, 6.45) is 8.15. The molecule has 4 aromatic rings. The molecule has 2 aromatic carbocycles. The largest absolute Gasteiger partial charge is 0.507 e. The Morgan fingerprint density at radius 2 is 1.56 bits per heavy atom. The van der Waals surface area contributed by atoms with E-state index in [-0.39, 0.29) is 62.4 Å². The van der Waals surface area contributed by atoms with Crippen molar-refractivity contribution in [2.24, 2.45) is 29.1 Å². The molecule has 2 aromatic heterocycles. The minimum absolute atomic E-state index is 0.0320. The SMILES string of the molecule is CO[C@H]1C=CO[C@@]2(C)Oc3c(C)c(O)c4c(O)c(c(CN5CCC6(CC5)CCN(c5c(F)cn7c(=O)c(C(=O)O)cc(C8CC8)c7c5C)C6)c(O)c4c3C2=O)NC(=O)C(C)=CC=C[C@H](C)[C@H](O)[C@@H](C)[C@@H](O)[C@@H](C)[C@H](OC(C)=O)[C@@H]1C. The number of pyridine rings is 2. The number of benzene rings is 2. The highest BCUT2D eigenvalue weighted by molar-refractivity contribution is 6.22. The highest BCUT2D eigenvalue weighted by Gasteiger charge is 2.50. The van der Waals surface area contributed by atoms with Crippen LogP contribution in [0.15, 0.2) is 53.2 Å². The molecule has 7 heterocycles. The molecule has 0 unspecified atom stereocenters. The molecule has 7 N–H and O–H groups in total. The molecule has 430 valence electrons. The van der Waals surface area contributed by atoms with Crippen LogP contribution < -0.4 is 20.5 Å². The number of esters is 1. The predicted octanol–water partition coefficient (Wildman–Crippen LogP) is 7.88.